The van der Waals surface area contributed by atoms with Crippen LogP contribution < -0.4 is 0 Å². The molecular formula is C24H31FO7. The lowest BCUT2D eigenvalue weighted by molar-refractivity contribution is -0.232. The monoisotopic (exact) mass is 450 g/mol. The van der Waals surface area contributed by atoms with Crippen LogP contribution in [0.3, 0.4) is 0 Å². The lowest BCUT2D eigenvalue weighted by atomic mass is 9.46. The first-order chi connectivity index (χ1) is 14.8. The van der Waals surface area contributed by atoms with Gasteiger partial charge in [0.25, 0.3) is 0 Å². The number of hydrogen-bond donors (Lipinski definition) is 3. The van der Waals surface area contributed by atoms with Gasteiger partial charge in [0.05, 0.1) is 12.2 Å². The number of Topliss-reactive ketones (excluding diaryl/α,β-unsaturated/α-hetero) is 1. The van der Waals surface area contributed by atoms with E-state index in [-0.39, 0.29) is 24.2 Å². The molecule has 1 aliphatic heterocycles. The van der Waals surface area contributed by atoms with Crippen molar-refractivity contribution in [3.63, 3.8) is 0 Å². The quantitative estimate of drug-likeness (QED) is 0.551. The van der Waals surface area contributed by atoms with Crippen LogP contribution in [-0.2, 0) is 19.1 Å². The van der Waals surface area contributed by atoms with Crippen LogP contribution in [-0.4, -0.2) is 56.8 Å². The van der Waals surface area contributed by atoms with Gasteiger partial charge < -0.3 is 24.8 Å². The largest absolute Gasteiger partial charge is 0.393 e. The van der Waals surface area contributed by atoms with Crippen molar-refractivity contribution in [1.29, 1.82) is 0 Å². The summed E-state index contributed by atoms with van der Waals surface area (Å²) in [5.41, 5.74) is -2.86. The zero-order valence-corrected chi connectivity index (χ0v) is 18.8. The standard InChI is InChI=1S/C24H31FO7/c1-21(2)31-16-9-13-11-5-6-12-18(25)14(26)7-8-22(12,3)17(11)15(27)10-23(13,4)24(16,32-21)19(28)20(29)30/h7-8,11,13,15-17,20,27,29-30H,5-6,9-10H2,1-4H3/t11-,13-,15-,16+,17+,22-,23-,24-/m0/s1. The van der Waals surface area contributed by atoms with E-state index in [9.17, 15) is 29.3 Å². The average molecular weight is 451 g/mol. The highest BCUT2D eigenvalue weighted by Crippen LogP contribution is 2.70. The Morgan fingerprint density at radius 2 is 1.94 bits per heavy atom. The first-order valence-corrected chi connectivity index (χ1v) is 11.4. The Kier molecular flexibility index (Phi) is 4.59. The highest BCUT2D eigenvalue weighted by Gasteiger charge is 2.77. The lowest BCUT2D eigenvalue weighted by Crippen LogP contribution is -2.65. The maximum Gasteiger partial charge on any atom is 0.223 e. The van der Waals surface area contributed by atoms with E-state index < -0.39 is 58.1 Å². The molecule has 0 aromatic heterocycles. The molecule has 7 nitrogen and oxygen atoms in total. The van der Waals surface area contributed by atoms with Crippen molar-refractivity contribution in [1.82, 2.24) is 0 Å². The number of aliphatic hydroxyl groups is 3. The van der Waals surface area contributed by atoms with Crippen LogP contribution in [0.15, 0.2) is 23.6 Å². The van der Waals surface area contributed by atoms with Crippen molar-refractivity contribution < 1.29 is 38.8 Å². The first-order valence-electron chi connectivity index (χ1n) is 11.4. The van der Waals surface area contributed by atoms with Gasteiger partial charge in [-0.15, -0.1) is 0 Å². The summed E-state index contributed by atoms with van der Waals surface area (Å²) in [5.74, 6) is -3.82. The van der Waals surface area contributed by atoms with Gasteiger partial charge in [0.15, 0.2) is 17.2 Å². The first kappa shape index (κ1) is 22.3. The Morgan fingerprint density at radius 1 is 1.25 bits per heavy atom. The van der Waals surface area contributed by atoms with Crippen molar-refractivity contribution in [3.8, 4) is 0 Å². The Labute approximate surface area is 186 Å². The van der Waals surface area contributed by atoms with Crippen molar-refractivity contribution in [2.45, 2.75) is 83.3 Å². The third-order valence-electron chi connectivity index (χ3n) is 9.18. The molecule has 8 atom stereocenters. The number of fused-ring (bicyclic) bond motifs is 7. The summed E-state index contributed by atoms with van der Waals surface area (Å²) >= 11 is 0. The summed E-state index contributed by atoms with van der Waals surface area (Å²) < 4.78 is 27.1. The fourth-order valence-corrected chi connectivity index (χ4v) is 8.13. The molecule has 1 saturated heterocycles. The zero-order chi connectivity index (χ0) is 23.4. The summed E-state index contributed by atoms with van der Waals surface area (Å²) in [6.45, 7) is 7.13. The van der Waals surface area contributed by atoms with Gasteiger partial charge in [-0.25, -0.2) is 4.39 Å². The molecule has 1 heterocycles. The predicted molar refractivity (Wildman–Crippen MR) is 109 cm³/mol. The molecule has 0 radical (unpaired) electrons. The lowest BCUT2D eigenvalue weighted by Gasteiger charge is -2.59. The number of halogens is 1. The van der Waals surface area contributed by atoms with Crippen LogP contribution in [0.5, 0.6) is 0 Å². The van der Waals surface area contributed by atoms with Crippen LogP contribution >= 0.6 is 0 Å². The number of ketones is 2. The van der Waals surface area contributed by atoms with Crippen molar-refractivity contribution in [2.75, 3.05) is 0 Å². The van der Waals surface area contributed by atoms with Crippen LogP contribution in [0, 0.1) is 28.6 Å². The van der Waals surface area contributed by atoms with Gasteiger partial charge in [-0.3, -0.25) is 9.59 Å². The summed E-state index contributed by atoms with van der Waals surface area (Å²) in [5, 5.41) is 31.2. The third kappa shape index (κ3) is 2.53. The van der Waals surface area contributed by atoms with Gasteiger partial charge in [-0.05, 0) is 63.0 Å². The van der Waals surface area contributed by atoms with E-state index in [2.05, 4.69) is 0 Å². The summed E-state index contributed by atoms with van der Waals surface area (Å²) in [7, 11) is 0. The highest BCUT2D eigenvalue weighted by molar-refractivity contribution is 6.04. The normalized spacial score (nSPS) is 49.0. The minimum absolute atomic E-state index is 0.0791. The van der Waals surface area contributed by atoms with Crippen LogP contribution in [0.2, 0.25) is 0 Å². The molecular weight excluding hydrogens is 419 g/mol. The minimum atomic E-state index is -2.22. The van der Waals surface area contributed by atoms with Gasteiger partial charge in [0, 0.05) is 16.7 Å². The second kappa shape index (κ2) is 6.57. The molecule has 0 spiro atoms. The van der Waals surface area contributed by atoms with Crippen molar-refractivity contribution in [3.05, 3.63) is 23.6 Å². The maximum atomic E-state index is 14.8. The van der Waals surface area contributed by atoms with E-state index in [0.717, 1.165) is 0 Å². The molecule has 4 fully saturated rings. The fraction of sp³-hybridized carbons (Fsp3) is 0.750. The summed E-state index contributed by atoms with van der Waals surface area (Å²) in [6.07, 6.45) is 0.751. The van der Waals surface area contributed by atoms with Crippen LogP contribution in [0.1, 0.15) is 53.4 Å². The second-order valence-corrected chi connectivity index (χ2v) is 11.1. The number of aliphatic hydroxyl groups excluding tert-OH is 2. The fourth-order valence-electron chi connectivity index (χ4n) is 8.13. The molecule has 0 amide bonds. The zero-order valence-electron chi connectivity index (χ0n) is 18.8. The SMILES string of the molecule is CC1(C)O[C@@H]2C[C@H]3[C@@H]4CCC5=C(F)C(=O)C=C[C@]5(C)[C@H]4[C@@H](O)C[C@]3(C)[C@]2(C(=O)C(O)O)O1. The van der Waals surface area contributed by atoms with Gasteiger partial charge in [-0.2, -0.15) is 0 Å². The molecule has 0 unspecified atom stereocenters. The van der Waals surface area contributed by atoms with Gasteiger partial charge in [-0.1, -0.05) is 19.9 Å². The van der Waals surface area contributed by atoms with E-state index in [1.165, 1.54) is 6.08 Å². The van der Waals surface area contributed by atoms with E-state index in [1.807, 2.05) is 13.8 Å². The number of carbonyl (C=O) groups excluding carboxylic acids is 2. The van der Waals surface area contributed by atoms with Crippen molar-refractivity contribution in [2.24, 2.45) is 28.6 Å². The molecule has 32 heavy (non-hydrogen) atoms. The Bertz CT molecular complexity index is 954. The number of allylic oxidation sites excluding steroid dienone is 4. The molecule has 3 N–H and O–H groups in total. The topological polar surface area (TPSA) is 113 Å². The Balaban J connectivity index is 1.61. The smallest absolute Gasteiger partial charge is 0.223 e. The second-order valence-electron chi connectivity index (χ2n) is 11.1. The molecule has 0 aromatic carbocycles. The summed E-state index contributed by atoms with van der Waals surface area (Å²) in [6, 6.07) is 0. The van der Waals surface area contributed by atoms with E-state index in [0.29, 0.717) is 24.8 Å². The molecule has 4 aliphatic carbocycles. The number of ether oxygens (including phenoxy) is 2. The molecule has 176 valence electrons. The van der Waals surface area contributed by atoms with Crippen LogP contribution in [0.4, 0.5) is 4.39 Å². The highest BCUT2D eigenvalue weighted by atomic mass is 19.1. The Hall–Kier alpha value is -1.45. The average Bonchev–Trinajstić information content (AvgIpc) is 3.10. The number of hydrogen-bond acceptors (Lipinski definition) is 7. The predicted octanol–water partition coefficient (Wildman–Crippen LogP) is 1.94. The van der Waals surface area contributed by atoms with Gasteiger partial charge >= 0.3 is 0 Å². The summed E-state index contributed by atoms with van der Waals surface area (Å²) in [4.78, 5) is 25.2. The van der Waals surface area contributed by atoms with Crippen LogP contribution in [0.25, 0.3) is 0 Å². The maximum absolute atomic E-state index is 14.8. The van der Waals surface area contributed by atoms with E-state index in [4.69, 9.17) is 9.47 Å². The van der Waals surface area contributed by atoms with E-state index >= 15 is 0 Å². The molecule has 5 rings (SSSR count). The van der Waals surface area contributed by atoms with Gasteiger partial charge in [0.1, 0.15) is 0 Å². The molecule has 0 bridgehead atoms. The van der Waals surface area contributed by atoms with Crippen molar-refractivity contribution >= 4 is 11.6 Å². The van der Waals surface area contributed by atoms with E-state index in [1.54, 1.807) is 19.9 Å². The van der Waals surface area contributed by atoms with Gasteiger partial charge in [0.2, 0.25) is 17.9 Å². The molecule has 5 aliphatic rings. The minimum Gasteiger partial charge on any atom is -0.393 e. The number of carbonyl (C=O) groups is 2. The Morgan fingerprint density at radius 3 is 2.59 bits per heavy atom. The third-order valence-corrected chi connectivity index (χ3v) is 9.18. The molecule has 0 aromatic rings. The number of rotatable bonds is 2. The molecule has 3 saturated carbocycles. The molecule has 8 heteroatoms.